The van der Waals surface area contributed by atoms with E-state index in [4.69, 9.17) is 14.9 Å². The first-order valence-electron chi connectivity index (χ1n) is 10.7. The molecule has 0 saturated heterocycles. The maximum Gasteiger partial charge on any atom is 0.407 e. The van der Waals surface area contributed by atoms with Crippen molar-refractivity contribution in [3.8, 4) is 11.1 Å². The molecule has 0 aliphatic heterocycles. The predicted molar refractivity (Wildman–Crippen MR) is 116 cm³/mol. The molecular weight excluding hydrogens is 412 g/mol. The molecule has 1 saturated carbocycles. The second-order valence-electron chi connectivity index (χ2n) is 8.28. The van der Waals surface area contributed by atoms with Crippen LogP contribution in [-0.4, -0.2) is 53.5 Å². The van der Waals surface area contributed by atoms with E-state index in [0.717, 1.165) is 35.1 Å². The van der Waals surface area contributed by atoms with Gasteiger partial charge in [-0.25, -0.2) is 9.59 Å². The number of carboxylic acid groups (broad SMARTS) is 1. The molecule has 0 bridgehead atoms. The van der Waals surface area contributed by atoms with Crippen LogP contribution in [0.25, 0.3) is 11.1 Å². The number of rotatable bonds is 9. The van der Waals surface area contributed by atoms with Crippen molar-refractivity contribution in [3.63, 3.8) is 0 Å². The molecule has 2 atom stereocenters. The third-order valence-electron chi connectivity index (χ3n) is 6.02. The fourth-order valence-electron chi connectivity index (χ4n) is 4.16. The van der Waals surface area contributed by atoms with Gasteiger partial charge < -0.3 is 25.6 Å². The highest BCUT2D eigenvalue weighted by Gasteiger charge is 2.33. The molecule has 1 unspecified atom stereocenters. The Kier molecular flexibility index (Phi) is 6.41. The van der Waals surface area contributed by atoms with Crippen LogP contribution in [0.4, 0.5) is 4.79 Å². The van der Waals surface area contributed by atoms with Gasteiger partial charge in [0.05, 0.1) is 6.61 Å². The minimum Gasteiger partial charge on any atom is -0.480 e. The van der Waals surface area contributed by atoms with E-state index < -0.39 is 36.7 Å². The van der Waals surface area contributed by atoms with Crippen molar-refractivity contribution in [2.24, 2.45) is 5.92 Å². The molecule has 0 spiro atoms. The fraction of sp³-hybridized carbons (Fsp3) is 0.375. The van der Waals surface area contributed by atoms with E-state index >= 15 is 0 Å². The summed E-state index contributed by atoms with van der Waals surface area (Å²) in [5, 5.41) is 23.1. The van der Waals surface area contributed by atoms with Gasteiger partial charge in [-0.15, -0.1) is 0 Å². The van der Waals surface area contributed by atoms with Crippen LogP contribution < -0.4 is 10.6 Å². The molecule has 2 aromatic rings. The number of amides is 2. The number of carbonyl (C=O) groups is 3. The van der Waals surface area contributed by atoms with Crippen LogP contribution in [0, 0.1) is 5.92 Å². The van der Waals surface area contributed by atoms with E-state index in [1.165, 1.54) is 0 Å². The molecule has 32 heavy (non-hydrogen) atoms. The number of aliphatic hydroxyl groups is 1. The molecule has 8 nitrogen and oxygen atoms in total. The maximum atomic E-state index is 12.6. The fourth-order valence-corrected chi connectivity index (χ4v) is 4.16. The number of hydrogen-bond acceptors (Lipinski definition) is 5. The third-order valence-corrected chi connectivity index (χ3v) is 6.02. The predicted octanol–water partition coefficient (Wildman–Crippen LogP) is 2.26. The van der Waals surface area contributed by atoms with Crippen molar-refractivity contribution in [2.45, 2.75) is 37.3 Å². The van der Waals surface area contributed by atoms with Crippen LogP contribution in [0.1, 0.15) is 36.3 Å². The summed E-state index contributed by atoms with van der Waals surface area (Å²) in [6, 6.07) is 13.6. The summed E-state index contributed by atoms with van der Waals surface area (Å²) in [6.07, 6.45) is 1.58. The maximum absolute atomic E-state index is 12.6. The van der Waals surface area contributed by atoms with E-state index in [1.807, 2.05) is 48.5 Å². The first-order chi connectivity index (χ1) is 15.5. The van der Waals surface area contributed by atoms with Gasteiger partial charge in [0.1, 0.15) is 18.7 Å². The van der Waals surface area contributed by atoms with Gasteiger partial charge in [0, 0.05) is 5.92 Å². The van der Waals surface area contributed by atoms with Gasteiger partial charge in [0.2, 0.25) is 5.91 Å². The van der Waals surface area contributed by atoms with Crippen LogP contribution >= 0.6 is 0 Å². The summed E-state index contributed by atoms with van der Waals surface area (Å²) < 4.78 is 5.51. The zero-order chi connectivity index (χ0) is 22.7. The summed E-state index contributed by atoms with van der Waals surface area (Å²) in [7, 11) is 0. The first kappa shape index (κ1) is 21.8. The molecule has 4 N–H and O–H groups in total. The Hall–Kier alpha value is -3.39. The van der Waals surface area contributed by atoms with Crippen LogP contribution in [0.15, 0.2) is 48.5 Å². The molecule has 0 heterocycles. The molecule has 0 radical (unpaired) electrons. The van der Waals surface area contributed by atoms with E-state index in [-0.39, 0.29) is 12.5 Å². The second kappa shape index (κ2) is 9.40. The number of alkyl carbamates (subject to hydrolysis) is 1. The van der Waals surface area contributed by atoms with Crippen molar-refractivity contribution in [1.82, 2.24) is 10.6 Å². The van der Waals surface area contributed by atoms with Crippen molar-refractivity contribution in [1.29, 1.82) is 0 Å². The summed E-state index contributed by atoms with van der Waals surface area (Å²) in [5.41, 5.74) is 4.40. The molecule has 168 valence electrons. The molecule has 0 aromatic heterocycles. The Labute approximate surface area is 185 Å². The van der Waals surface area contributed by atoms with E-state index in [2.05, 4.69) is 10.6 Å². The van der Waals surface area contributed by atoms with E-state index in [9.17, 15) is 14.4 Å². The lowest BCUT2D eigenvalue weighted by Gasteiger charge is -2.21. The summed E-state index contributed by atoms with van der Waals surface area (Å²) in [5.74, 6) is -1.79. The van der Waals surface area contributed by atoms with Crippen molar-refractivity contribution in [2.75, 3.05) is 13.2 Å². The summed E-state index contributed by atoms with van der Waals surface area (Å²) in [4.78, 5) is 36.2. The van der Waals surface area contributed by atoms with Gasteiger partial charge in [-0.1, -0.05) is 61.4 Å². The molecule has 4 rings (SSSR count). The summed E-state index contributed by atoms with van der Waals surface area (Å²) >= 11 is 0. The largest absolute Gasteiger partial charge is 0.480 e. The highest BCUT2D eigenvalue weighted by molar-refractivity contribution is 5.89. The standard InChI is InChI=1S/C24H26N2O6/c27-12-21(23(29)30)25-22(28)20(11-14-9-10-14)26-24(31)32-13-19-17-7-3-1-5-15(17)16-6-2-4-8-18(16)19/h1-8,14,19-21,27H,9-13H2,(H,25,28)(H,26,31)(H,29,30)/t20?,21-/m1/s1. The van der Waals surface area contributed by atoms with E-state index in [0.29, 0.717) is 12.3 Å². The van der Waals surface area contributed by atoms with Gasteiger partial charge in [0.15, 0.2) is 0 Å². The SMILES string of the molecule is O=C(NC(CC1CC1)C(=O)N[C@H](CO)C(=O)O)OCC1c2ccccc2-c2ccccc21. The number of fused-ring (bicyclic) bond motifs is 3. The minimum absolute atomic E-state index is 0.102. The van der Waals surface area contributed by atoms with Crippen molar-refractivity contribution in [3.05, 3.63) is 59.7 Å². The topological polar surface area (TPSA) is 125 Å². The first-order valence-corrected chi connectivity index (χ1v) is 10.7. The summed E-state index contributed by atoms with van der Waals surface area (Å²) in [6.45, 7) is -0.617. The van der Waals surface area contributed by atoms with Gasteiger partial charge in [-0.2, -0.15) is 0 Å². The number of aliphatic hydroxyl groups excluding tert-OH is 1. The number of aliphatic carboxylic acids is 1. The number of hydrogen-bond donors (Lipinski definition) is 4. The molecule has 2 aliphatic carbocycles. The average Bonchev–Trinajstić information content (AvgIpc) is 3.55. The quantitative estimate of drug-likeness (QED) is 0.476. The Bertz CT molecular complexity index is 974. The molecule has 2 amide bonds. The molecule has 8 heteroatoms. The zero-order valence-electron chi connectivity index (χ0n) is 17.5. The van der Waals surface area contributed by atoms with Crippen molar-refractivity contribution < 1.29 is 29.3 Å². The van der Waals surface area contributed by atoms with Crippen LogP contribution in [0.3, 0.4) is 0 Å². The second-order valence-corrected chi connectivity index (χ2v) is 8.28. The molecule has 1 fully saturated rings. The Morgan fingerprint density at radius 1 is 0.938 bits per heavy atom. The molecular formula is C24H26N2O6. The number of carboxylic acids is 1. The highest BCUT2D eigenvalue weighted by atomic mass is 16.5. The lowest BCUT2D eigenvalue weighted by Crippen LogP contribution is -2.53. The highest BCUT2D eigenvalue weighted by Crippen LogP contribution is 2.44. The van der Waals surface area contributed by atoms with Crippen LogP contribution in [0.5, 0.6) is 0 Å². The number of benzene rings is 2. The van der Waals surface area contributed by atoms with Gasteiger partial charge in [0.25, 0.3) is 0 Å². The van der Waals surface area contributed by atoms with E-state index in [1.54, 1.807) is 0 Å². The van der Waals surface area contributed by atoms with Crippen molar-refractivity contribution >= 4 is 18.0 Å². The minimum atomic E-state index is -1.42. The molecule has 2 aliphatic rings. The van der Waals surface area contributed by atoms with Gasteiger partial charge >= 0.3 is 12.1 Å². The Balaban J connectivity index is 1.40. The number of carbonyl (C=O) groups excluding carboxylic acids is 2. The Morgan fingerprint density at radius 2 is 1.53 bits per heavy atom. The average molecular weight is 438 g/mol. The van der Waals surface area contributed by atoms with Gasteiger partial charge in [-0.3, -0.25) is 4.79 Å². The van der Waals surface area contributed by atoms with Crippen LogP contribution in [0.2, 0.25) is 0 Å². The molecule has 2 aromatic carbocycles. The lowest BCUT2D eigenvalue weighted by atomic mass is 9.98. The normalized spacial score (nSPS) is 16.4. The Morgan fingerprint density at radius 3 is 2.06 bits per heavy atom. The van der Waals surface area contributed by atoms with Gasteiger partial charge in [-0.05, 0) is 34.6 Å². The number of nitrogens with one attached hydrogen (secondary N) is 2. The third kappa shape index (κ3) is 4.75. The monoisotopic (exact) mass is 438 g/mol. The number of ether oxygens (including phenoxy) is 1. The smallest absolute Gasteiger partial charge is 0.407 e. The lowest BCUT2D eigenvalue weighted by molar-refractivity contribution is -0.143. The zero-order valence-corrected chi connectivity index (χ0v) is 17.5. The van der Waals surface area contributed by atoms with Crippen LogP contribution in [-0.2, 0) is 14.3 Å².